The van der Waals surface area contributed by atoms with Crippen LogP contribution in [0.4, 0.5) is 18.9 Å². The van der Waals surface area contributed by atoms with E-state index in [2.05, 4.69) is 16.9 Å². The number of allylic oxidation sites excluding steroid dienone is 3. The number of benzene rings is 2. The van der Waals surface area contributed by atoms with Gasteiger partial charge in [0.1, 0.15) is 0 Å². The summed E-state index contributed by atoms with van der Waals surface area (Å²) in [7, 11) is 0. The second-order valence-electron chi connectivity index (χ2n) is 8.12. The van der Waals surface area contributed by atoms with E-state index < -0.39 is 17.7 Å². The minimum atomic E-state index is -4.57. The first-order valence-electron chi connectivity index (χ1n) is 10.3. The zero-order valence-corrected chi connectivity index (χ0v) is 19.9. The molecule has 0 fully saturated rings. The van der Waals surface area contributed by atoms with Crippen molar-refractivity contribution in [3.63, 3.8) is 0 Å². The topological polar surface area (TPSA) is 54.9 Å². The van der Waals surface area contributed by atoms with Crippen LogP contribution in [0.15, 0.2) is 72.0 Å². The number of hydrogen-bond acceptors (Lipinski definition) is 3. The number of anilines is 1. The molecule has 4 nitrogen and oxygen atoms in total. The summed E-state index contributed by atoms with van der Waals surface area (Å²) in [5.41, 5.74) is 4.67. The smallest absolute Gasteiger partial charge is 0.322 e. The fraction of sp³-hybridized carbons (Fsp3) is 0.192. The molecule has 1 amide bonds. The molecule has 0 aliphatic heterocycles. The Kier molecular flexibility index (Phi) is 7.26. The summed E-state index contributed by atoms with van der Waals surface area (Å²) >= 11 is 6.41. The third kappa shape index (κ3) is 5.72. The van der Waals surface area contributed by atoms with Crippen LogP contribution in [0.3, 0.4) is 0 Å². The summed E-state index contributed by atoms with van der Waals surface area (Å²) in [6, 6.07) is 8.83. The van der Waals surface area contributed by atoms with Crippen LogP contribution in [0.2, 0.25) is 5.02 Å². The number of amides is 1. The van der Waals surface area contributed by atoms with Crippen LogP contribution in [0.1, 0.15) is 25.0 Å². The lowest BCUT2D eigenvalue weighted by Crippen LogP contribution is -2.15. The van der Waals surface area contributed by atoms with Gasteiger partial charge in [-0.1, -0.05) is 29.8 Å². The van der Waals surface area contributed by atoms with Gasteiger partial charge >= 0.3 is 6.18 Å². The van der Waals surface area contributed by atoms with E-state index in [1.807, 2.05) is 26.0 Å². The first-order chi connectivity index (χ1) is 15.9. The Morgan fingerprint density at radius 1 is 1.12 bits per heavy atom. The highest BCUT2D eigenvalue weighted by molar-refractivity contribution is 6.33. The minimum Gasteiger partial charge on any atom is -0.322 e. The monoisotopic (exact) mass is 485 g/mol. The van der Waals surface area contributed by atoms with Gasteiger partial charge in [0.25, 0.3) is 5.91 Å². The molecule has 0 unspecified atom stereocenters. The Hall–Kier alpha value is -3.45. The number of fused-ring (bicyclic) bond motifs is 1. The minimum absolute atomic E-state index is 0.0957. The predicted octanol–water partition coefficient (Wildman–Crippen LogP) is 7.52. The SMILES string of the molecule is C=C(/C=C\C(C(=O)Nc1ccc(Cl)c(-c2cnc3cc(C)cc(C)c3n2)c1)=C(C)C)C(F)(F)F. The molecule has 34 heavy (non-hydrogen) atoms. The highest BCUT2D eigenvalue weighted by atomic mass is 35.5. The van der Waals surface area contributed by atoms with E-state index in [0.717, 1.165) is 34.3 Å². The molecule has 2 aromatic carbocycles. The van der Waals surface area contributed by atoms with Gasteiger partial charge in [-0.05, 0) is 75.2 Å². The van der Waals surface area contributed by atoms with Gasteiger partial charge in [-0.15, -0.1) is 0 Å². The number of nitrogens with one attached hydrogen (secondary N) is 1. The van der Waals surface area contributed by atoms with Gasteiger partial charge in [0, 0.05) is 22.4 Å². The second-order valence-corrected chi connectivity index (χ2v) is 8.53. The normalized spacial score (nSPS) is 11.6. The number of hydrogen-bond donors (Lipinski definition) is 1. The Labute approximate surface area is 200 Å². The molecule has 1 heterocycles. The van der Waals surface area contributed by atoms with Gasteiger partial charge in [-0.25, -0.2) is 4.98 Å². The maximum absolute atomic E-state index is 12.8. The zero-order valence-electron chi connectivity index (χ0n) is 19.1. The van der Waals surface area contributed by atoms with E-state index in [1.54, 1.807) is 38.2 Å². The van der Waals surface area contributed by atoms with Crippen molar-refractivity contribution in [2.24, 2.45) is 0 Å². The number of rotatable bonds is 5. The summed E-state index contributed by atoms with van der Waals surface area (Å²) in [6.07, 6.45) is -1.06. The Morgan fingerprint density at radius 2 is 1.82 bits per heavy atom. The number of nitrogens with zero attached hydrogens (tertiary/aromatic N) is 2. The van der Waals surface area contributed by atoms with Crippen molar-refractivity contribution in [2.45, 2.75) is 33.9 Å². The summed E-state index contributed by atoms with van der Waals surface area (Å²) < 4.78 is 38.2. The van der Waals surface area contributed by atoms with Gasteiger partial charge in [-0.2, -0.15) is 13.2 Å². The number of alkyl halides is 3. The number of aryl methyl sites for hydroxylation is 2. The summed E-state index contributed by atoms with van der Waals surface area (Å²) in [4.78, 5) is 22.0. The first kappa shape index (κ1) is 25.2. The molecule has 0 aliphatic rings. The molecule has 0 saturated carbocycles. The molecule has 1 N–H and O–H groups in total. The van der Waals surface area contributed by atoms with Crippen molar-refractivity contribution in [3.8, 4) is 11.3 Å². The average molecular weight is 486 g/mol. The molecule has 8 heteroatoms. The van der Waals surface area contributed by atoms with Crippen LogP contribution in [-0.4, -0.2) is 22.1 Å². The zero-order chi connectivity index (χ0) is 25.2. The van der Waals surface area contributed by atoms with Gasteiger partial charge in [-0.3, -0.25) is 9.78 Å². The van der Waals surface area contributed by atoms with Crippen LogP contribution in [0.5, 0.6) is 0 Å². The van der Waals surface area contributed by atoms with Crippen molar-refractivity contribution in [3.05, 3.63) is 88.1 Å². The summed E-state index contributed by atoms with van der Waals surface area (Å²) in [5, 5.41) is 3.13. The van der Waals surface area contributed by atoms with E-state index in [9.17, 15) is 18.0 Å². The molecule has 3 rings (SSSR count). The highest BCUT2D eigenvalue weighted by Gasteiger charge is 2.30. The molecule has 0 spiro atoms. The number of carbonyl (C=O) groups is 1. The Bertz CT molecular complexity index is 1350. The molecule has 0 radical (unpaired) electrons. The van der Waals surface area contributed by atoms with E-state index in [1.165, 1.54) is 0 Å². The van der Waals surface area contributed by atoms with Crippen LogP contribution >= 0.6 is 11.6 Å². The summed E-state index contributed by atoms with van der Waals surface area (Å²) in [6.45, 7) is 10.2. The van der Waals surface area contributed by atoms with E-state index in [4.69, 9.17) is 16.6 Å². The molecule has 0 aliphatic carbocycles. The molecule has 176 valence electrons. The largest absolute Gasteiger partial charge is 0.415 e. The summed E-state index contributed by atoms with van der Waals surface area (Å²) in [5.74, 6) is -0.560. The molecule has 0 atom stereocenters. The van der Waals surface area contributed by atoms with Gasteiger partial charge in [0.2, 0.25) is 0 Å². The fourth-order valence-electron chi connectivity index (χ4n) is 3.34. The first-order valence-corrected chi connectivity index (χ1v) is 10.7. The van der Waals surface area contributed by atoms with Crippen molar-refractivity contribution in [2.75, 3.05) is 5.32 Å². The van der Waals surface area contributed by atoms with E-state index in [-0.39, 0.29) is 5.57 Å². The molecule has 0 saturated heterocycles. The molecular weight excluding hydrogens is 463 g/mol. The van der Waals surface area contributed by atoms with E-state index >= 15 is 0 Å². The van der Waals surface area contributed by atoms with Crippen molar-refractivity contribution in [1.82, 2.24) is 9.97 Å². The average Bonchev–Trinajstić information content (AvgIpc) is 2.74. The van der Waals surface area contributed by atoms with Crippen molar-refractivity contribution < 1.29 is 18.0 Å². The van der Waals surface area contributed by atoms with Gasteiger partial charge in [0.15, 0.2) is 0 Å². The van der Waals surface area contributed by atoms with Crippen LogP contribution in [0.25, 0.3) is 22.3 Å². The third-order valence-electron chi connectivity index (χ3n) is 5.08. The van der Waals surface area contributed by atoms with Gasteiger partial charge < -0.3 is 5.32 Å². The van der Waals surface area contributed by atoms with Crippen LogP contribution < -0.4 is 5.32 Å². The molecule has 1 aromatic heterocycles. The van der Waals surface area contributed by atoms with Crippen molar-refractivity contribution >= 4 is 34.2 Å². The van der Waals surface area contributed by atoms with Crippen molar-refractivity contribution in [1.29, 1.82) is 0 Å². The second kappa shape index (κ2) is 9.81. The molecular formula is C26H23ClF3N3O. The molecule has 3 aromatic rings. The standard InChI is InChI=1S/C26H23ClF3N3O/c1-14(2)19(8-6-17(5)26(28,29)30)25(34)32-18-7-9-21(27)20(12-18)23-13-31-22-11-15(3)10-16(4)24(22)33-23/h6-13H,5H2,1-4H3,(H,32,34)/b8-6-. The van der Waals surface area contributed by atoms with Crippen LogP contribution in [0, 0.1) is 13.8 Å². The fourth-order valence-corrected chi connectivity index (χ4v) is 3.55. The number of halogens is 4. The number of carbonyl (C=O) groups excluding carboxylic acids is 1. The lowest BCUT2D eigenvalue weighted by molar-refractivity contribution is -0.112. The lowest BCUT2D eigenvalue weighted by atomic mass is 10.1. The van der Waals surface area contributed by atoms with E-state index in [0.29, 0.717) is 27.5 Å². The predicted molar refractivity (Wildman–Crippen MR) is 131 cm³/mol. The van der Waals surface area contributed by atoms with Crippen LogP contribution in [-0.2, 0) is 4.79 Å². The number of aromatic nitrogens is 2. The van der Waals surface area contributed by atoms with Gasteiger partial charge in [0.05, 0.1) is 27.9 Å². The Balaban J connectivity index is 1.92. The quantitative estimate of drug-likeness (QED) is 0.300. The maximum atomic E-state index is 12.8. The Morgan fingerprint density at radius 3 is 2.47 bits per heavy atom. The highest BCUT2D eigenvalue weighted by Crippen LogP contribution is 2.31. The maximum Gasteiger partial charge on any atom is 0.415 e. The lowest BCUT2D eigenvalue weighted by Gasteiger charge is -2.12. The third-order valence-corrected chi connectivity index (χ3v) is 5.41. The molecule has 0 bridgehead atoms.